The third-order valence-electron chi connectivity index (χ3n) is 3.99. The van der Waals surface area contributed by atoms with Crippen molar-refractivity contribution in [2.75, 3.05) is 6.54 Å². The molecule has 0 atom stereocenters. The van der Waals surface area contributed by atoms with E-state index < -0.39 is 0 Å². The average molecular weight is 328 g/mol. The first-order valence-electron chi connectivity index (χ1n) is 8.33. The van der Waals surface area contributed by atoms with Gasteiger partial charge in [0.25, 0.3) is 0 Å². The quantitative estimate of drug-likeness (QED) is 0.800. The number of halogens is 1. The summed E-state index contributed by atoms with van der Waals surface area (Å²) in [5, 5.41) is 2.89. The van der Waals surface area contributed by atoms with Gasteiger partial charge in [0.2, 0.25) is 5.91 Å². The van der Waals surface area contributed by atoms with Crippen LogP contribution in [0.4, 0.5) is 4.39 Å². The maximum atomic E-state index is 12.9. The van der Waals surface area contributed by atoms with E-state index in [9.17, 15) is 9.18 Å². The van der Waals surface area contributed by atoms with Crippen molar-refractivity contribution < 1.29 is 9.18 Å². The van der Waals surface area contributed by atoms with Gasteiger partial charge >= 0.3 is 0 Å². The van der Waals surface area contributed by atoms with Crippen LogP contribution in [0.5, 0.6) is 0 Å². The molecule has 1 N–H and O–H groups in total. The number of carbonyl (C=O) groups is 1. The van der Waals surface area contributed by atoms with Crippen LogP contribution >= 0.6 is 0 Å². The van der Waals surface area contributed by atoms with Crippen LogP contribution in [0.15, 0.2) is 54.6 Å². The van der Waals surface area contributed by atoms with Crippen molar-refractivity contribution in [1.29, 1.82) is 0 Å². The first kappa shape index (κ1) is 18.1. The molecule has 0 aromatic heterocycles. The fourth-order valence-corrected chi connectivity index (χ4v) is 2.47. The number of rotatable bonds is 8. The van der Waals surface area contributed by atoms with Gasteiger partial charge in [0, 0.05) is 32.1 Å². The van der Waals surface area contributed by atoms with Crippen LogP contribution < -0.4 is 5.32 Å². The number of nitrogens with zero attached hydrogens (tertiary/aromatic N) is 1. The summed E-state index contributed by atoms with van der Waals surface area (Å²) in [5.41, 5.74) is 2.15. The Hall–Kier alpha value is -2.20. The summed E-state index contributed by atoms with van der Waals surface area (Å²) in [6, 6.07) is 16.8. The van der Waals surface area contributed by atoms with Crippen LogP contribution in [0.3, 0.4) is 0 Å². The van der Waals surface area contributed by atoms with Gasteiger partial charge in [-0.05, 0) is 37.1 Å². The molecule has 2 rings (SSSR count). The topological polar surface area (TPSA) is 32.3 Å². The molecule has 1 amide bonds. The molecule has 0 unspecified atom stereocenters. The van der Waals surface area contributed by atoms with Crippen LogP contribution in [0.1, 0.15) is 31.4 Å². The SMILES string of the molecule is CC(C)N(CCC(=O)NCc1ccc(F)cc1)Cc1ccccc1. The molecule has 0 aliphatic heterocycles. The molecule has 0 fully saturated rings. The highest BCUT2D eigenvalue weighted by Gasteiger charge is 2.12. The smallest absolute Gasteiger partial charge is 0.221 e. The Kier molecular flexibility index (Phi) is 6.94. The van der Waals surface area contributed by atoms with Gasteiger partial charge in [-0.2, -0.15) is 0 Å². The molecule has 0 aliphatic rings. The van der Waals surface area contributed by atoms with Crippen LogP contribution in [0.25, 0.3) is 0 Å². The van der Waals surface area contributed by atoms with E-state index in [4.69, 9.17) is 0 Å². The second kappa shape index (κ2) is 9.18. The highest BCUT2D eigenvalue weighted by Crippen LogP contribution is 2.09. The van der Waals surface area contributed by atoms with E-state index in [0.29, 0.717) is 25.6 Å². The molecule has 0 bridgehead atoms. The molecule has 0 aliphatic carbocycles. The van der Waals surface area contributed by atoms with Crippen molar-refractivity contribution in [3.8, 4) is 0 Å². The van der Waals surface area contributed by atoms with Crippen molar-refractivity contribution in [2.24, 2.45) is 0 Å². The minimum absolute atomic E-state index is 0.0121. The maximum Gasteiger partial charge on any atom is 0.221 e. The molecule has 2 aromatic carbocycles. The normalized spacial score (nSPS) is 11.0. The predicted octanol–water partition coefficient (Wildman–Crippen LogP) is 3.74. The second-order valence-electron chi connectivity index (χ2n) is 6.20. The Morgan fingerprint density at radius 3 is 2.33 bits per heavy atom. The molecule has 0 saturated carbocycles. The molecule has 0 heterocycles. The Balaban J connectivity index is 1.78. The second-order valence-corrected chi connectivity index (χ2v) is 6.20. The summed E-state index contributed by atoms with van der Waals surface area (Å²) in [7, 11) is 0. The van der Waals surface area contributed by atoms with Gasteiger partial charge < -0.3 is 5.32 Å². The van der Waals surface area contributed by atoms with Crippen molar-refractivity contribution in [3.63, 3.8) is 0 Å². The fourth-order valence-electron chi connectivity index (χ4n) is 2.47. The van der Waals surface area contributed by atoms with E-state index in [-0.39, 0.29) is 11.7 Å². The van der Waals surface area contributed by atoms with Crippen molar-refractivity contribution in [3.05, 3.63) is 71.5 Å². The third kappa shape index (κ3) is 6.13. The highest BCUT2D eigenvalue weighted by molar-refractivity contribution is 5.76. The van der Waals surface area contributed by atoms with Crippen LogP contribution in [0, 0.1) is 5.82 Å². The molecule has 0 radical (unpaired) electrons. The Morgan fingerprint density at radius 2 is 1.71 bits per heavy atom. The van der Waals surface area contributed by atoms with Gasteiger partial charge in [-0.1, -0.05) is 42.5 Å². The zero-order valence-corrected chi connectivity index (χ0v) is 14.3. The van der Waals surface area contributed by atoms with E-state index in [1.165, 1.54) is 17.7 Å². The lowest BCUT2D eigenvalue weighted by molar-refractivity contribution is -0.121. The van der Waals surface area contributed by atoms with E-state index >= 15 is 0 Å². The highest BCUT2D eigenvalue weighted by atomic mass is 19.1. The maximum absolute atomic E-state index is 12.9. The zero-order valence-electron chi connectivity index (χ0n) is 14.3. The average Bonchev–Trinajstić information content (AvgIpc) is 2.58. The summed E-state index contributed by atoms with van der Waals surface area (Å²) < 4.78 is 12.9. The van der Waals surface area contributed by atoms with Crippen molar-refractivity contribution in [1.82, 2.24) is 10.2 Å². The Bertz CT molecular complexity index is 626. The number of hydrogen-bond donors (Lipinski definition) is 1. The summed E-state index contributed by atoms with van der Waals surface area (Å²) in [6.45, 7) is 6.25. The number of amides is 1. The summed E-state index contributed by atoms with van der Waals surface area (Å²) in [4.78, 5) is 14.3. The van der Waals surface area contributed by atoms with Gasteiger partial charge in [-0.15, -0.1) is 0 Å². The first-order valence-corrected chi connectivity index (χ1v) is 8.33. The monoisotopic (exact) mass is 328 g/mol. The Labute approximate surface area is 143 Å². The Morgan fingerprint density at radius 1 is 1.04 bits per heavy atom. The number of hydrogen-bond acceptors (Lipinski definition) is 2. The standard InChI is InChI=1S/C20H25FN2O/c1-16(2)23(15-18-6-4-3-5-7-18)13-12-20(24)22-14-17-8-10-19(21)11-9-17/h3-11,16H,12-15H2,1-2H3,(H,22,24). The zero-order chi connectivity index (χ0) is 17.4. The van der Waals surface area contributed by atoms with Gasteiger partial charge in [0.05, 0.1) is 0 Å². The fraction of sp³-hybridized carbons (Fsp3) is 0.350. The van der Waals surface area contributed by atoms with Gasteiger partial charge in [0.15, 0.2) is 0 Å². The molecule has 4 heteroatoms. The van der Waals surface area contributed by atoms with Crippen molar-refractivity contribution >= 4 is 5.91 Å². The molecule has 128 valence electrons. The van der Waals surface area contributed by atoms with E-state index in [0.717, 1.165) is 12.1 Å². The first-order chi connectivity index (χ1) is 11.5. The molecular weight excluding hydrogens is 303 g/mol. The molecule has 0 saturated heterocycles. The van der Waals surface area contributed by atoms with Gasteiger partial charge in [-0.25, -0.2) is 4.39 Å². The third-order valence-corrected chi connectivity index (χ3v) is 3.99. The van der Waals surface area contributed by atoms with Crippen LogP contribution in [0.2, 0.25) is 0 Å². The molecule has 2 aromatic rings. The minimum atomic E-state index is -0.265. The van der Waals surface area contributed by atoms with Gasteiger partial charge in [0.1, 0.15) is 5.82 Å². The number of benzene rings is 2. The summed E-state index contributed by atoms with van der Waals surface area (Å²) in [5.74, 6) is -0.253. The minimum Gasteiger partial charge on any atom is -0.352 e. The number of carbonyl (C=O) groups excluding carboxylic acids is 1. The molecular formula is C20H25FN2O. The van der Waals surface area contributed by atoms with Crippen LogP contribution in [-0.2, 0) is 17.9 Å². The number of nitrogens with one attached hydrogen (secondary N) is 1. The molecule has 0 spiro atoms. The lowest BCUT2D eigenvalue weighted by Crippen LogP contribution is -2.34. The lowest BCUT2D eigenvalue weighted by Gasteiger charge is -2.26. The van der Waals surface area contributed by atoms with E-state index in [1.807, 2.05) is 18.2 Å². The van der Waals surface area contributed by atoms with E-state index in [2.05, 4.69) is 36.2 Å². The lowest BCUT2D eigenvalue weighted by atomic mass is 10.1. The summed E-state index contributed by atoms with van der Waals surface area (Å²) in [6.07, 6.45) is 0.451. The largest absolute Gasteiger partial charge is 0.352 e. The van der Waals surface area contributed by atoms with Crippen LogP contribution in [-0.4, -0.2) is 23.4 Å². The summed E-state index contributed by atoms with van der Waals surface area (Å²) >= 11 is 0. The molecule has 24 heavy (non-hydrogen) atoms. The van der Waals surface area contributed by atoms with E-state index in [1.54, 1.807) is 12.1 Å². The molecule has 3 nitrogen and oxygen atoms in total. The van der Waals surface area contributed by atoms with Gasteiger partial charge in [-0.3, -0.25) is 9.69 Å². The predicted molar refractivity (Wildman–Crippen MR) is 94.9 cm³/mol. The van der Waals surface area contributed by atoms with Crippen molar-refractivity contribution in [2.45, 2.75) is 39.4 Å².